The van der Waals surface area contributed by atoms with Crippen molar-refractivity contribution in [1.82, 2.24) is 4.90 Å². The summed E-state index contributed by atoms with van der Waals surface area (Å²) < 4.78 is 5.60. The highest BCUT2D eigenvalue weighted by Gasteiger charge is 2.16. The second kappa shape index (κ2) is 10.2. The molecule has 1 aromatic rings. The molecular weight excluding hydrogens is 276 g/mol. The molecule has 0 fully saturated rings. The first-order valence-corrected chi connectivity index (χ1v) is 8.15. The number of aliphatic hydroxyl groups excluding tert-OH is 1. The van der Waals surface area contributed by atoms with E-state index in [0.29, 0.717) is 23.9 Å². The zero-order valence-corrected chi connectivity index (χ0v) is 14.0. The van der Waals surface area contributed by atoms with Gasteiger partial charge in [-0.3, -0.25) is 4.90 Å². The Morgan fingerprint density at radius 3 is 2.50 bits per heavy atom. The summed E-state index contributed by atoms with van der Waals surface area (Å²) in [7, 11) is 0. The third-order valence-corrected chi connectivity index (χ3v) is 3.88. The Morgan fingerprint density at radius 1 is 1.27 bits per heavy atom. The Labute approximate surface area is 134 Å². The smallest absolute Gasteiger partial charge is 0.119 e. The first kappa shape index (κ1) is 18.5. The topological polar surface area (TPSA) is 56.5 Å². The van der Waals surface area contributed by atoms with E-state index in [-0.39, 0.29) is 6.61 Å². The van der Waals surface area contributed by atoms with Crippen LogP contribution in [0.3, 0.4) is 0 Å². The van der Waals surface area contributed by atoms with Gasteiger partial charge in [0, 0.05) is 12.6 Å². The van der Waals surface area contributed by atoms with Crippen molar-refractivity contribution in [3.05, 3.63) is 29.8 Å². The van der Waals surface area contributed by atoms with Crippen molar-refractivity contribution < 1.29 is 9.84 Å². The van der Waals surface area contributed by atoms with E-state index in [1.807, 2.05) is 0 Å². The van der Waals surface area contributed by atoms with Gasteiger partial charge in [0.1, 0.15) is 18.5 Å². The minimum absolute atomic E-state index is 0.269. The first-order valence-electron chi connectivity index (χ1n) is 8.15. The van der Waals surface area contributed by atoms with Crippen molar-refractivity contribution in [2.24, 2.45) is 0 Å². The lowest BCUT2D eigenvalue weighted by Gasteiger charge is -2.30. The van der Waals surface area contributed by atoms with Crippen LogP contribution in [-0.4, -0.2) is 41.8 Å². The van der Waals surface area contributed by atoms with Crippen LogP contribution in [0, 0.1) is 11.3 Å². The van der Waals surface area contributed by atoms with Crippen LogP contribution >= 0.6 is 0 Å². The van der Waals surface area contributed by atoms with E-state index in [2.05, 4.69) is 31.7 Å². The number of rotatable bonds is 10. The molecule has 0 aliphatic rings. The molecule has 0 saturated carbocycles. The molecule has 0 saturated heterocycles. The van der Waals surface area contributed by atoms with Crippen LogP contribution in [0.4, 0.5) is 0 Å². The minimum Gasteiger partial charge on any atom is -0.491 e. The largest absolute Gasteiger partial charge is 0.491 e. The Morgan fingerprint density at radius 2 is 1.95 bits per heavy atom. The molecule has 0 spiro atoms. The quantitative estimate of drug-likeness (QED) is 0.721. The average molecular weight is 304 g/mol. The highest BCUT2D eigenvalue weighted by atomic mass is 16.5. The molecule has 0 amide bonds. The van der Waals surface area contributed by atoms with Crippen molar-refractivity contribution in [1.29, 1.82) is 5.26 Å². The van der Waals surface area contributed by atoms with E-state index in [9.17, 15) is 5.11 Å². The van der Waals surface area contributed by atoms with Gasteiger partial charge >= 0.3 is 0 Å². The highest BCUT2D eigenvalue weighted by molar-refractivity contribution is 5.34. The molecule has 4 nitrogen and oxygen atoms in total. The lowest BCUT2D eigenvalue weighted by atomic mass is 10.1. The van der Waals surface area contributed by atoms with Gasteiger partial charge in [-0.15, -0.1) is 0 Å². The fourth-order valence-corrected chi connectivity index (χ4v) is 2.25. The minimum atomic E-state index is -0.513. The van der Waals surface area contributed by atoms with E-state index < -0.39 is 6.10 Å². The van der Waals surface area contributed by atoms with E-state index >= 15 is 0 Å². The number of nitriles is 1. The summed E-state index contributed by atoms with van der Waals surface area (Å²) in [6.07, 6.45) is 2.87. The number of aliphatic hydroxyl groups is 1. The van der Waals surface area contributed by atoms with Gasteiger partial charge in [0.2, 0.25) is 0 Å². The number of nitrogens with zero attached hydrogens (tertiary/aromatic N) is 2. The molecule has 1 N–H and O–H groups in total. The summed E-state index contributed by atoms with van der Waals surface area (Å²) in [6, 6.07) is 9.49. The van der Waals surface area contributed by atoms with Gasteiger partial charge in [-0.25, -0.2) is 0 Å². The number of unbranched alkanes of at least 4 members (excludes halogenated alkanes) is 1. The normalized spacial score (nSPS) is 13.6. The van der Waals surface area contributed by atoms with Crippen molar-refractivity contribution >= 4 is 0 Å². The molecule has 2 atom stereocenters. The molecule has 0 bridgehead atoms. The van der Waals surface area contributed by atoms with Gasteiger partial charge < -0.3 is 9.84 Å². The lowest BCUT2D eigenvalue weighted by Crippen LogP contribution is -2.41. The number of benzene rings is 1. The molecule has 122 valence electrons. The Bertz CT molecular complexity index is 453. The second-order valence-corrected chi connectivity index (χ2v) is 5.71. The molecule has 0 aliphatic heterocycles. The SMILES string of the molecule is CCCCN(C[C@@H](O)COc1ccc(C#N)cc1)[C@@H](C)CC. The summed E-state index contributed by atoms with van der Waals surface area (Å²) in [6.45, 7) is 8.46. The van der Waals surface area contributed by atoms with Crippen molar-refractivity contribution in [3.63, 3.8) is 0 Å². The summed E-state index contributed by atoms with van der Waals surface area (Å²) in [4.78, 5) is 2.33. The summed E-state index contributed by atoms with van der Waals surface area (Å²) >= 11 is 0. The predicted molar refractivity (Wildman–Crippen MR) is 88.9 cm³/mol. The summed E-state index contributed by atoms with van der Waals surface area (Å²) in [5.41, 5.74) is 0.607. The van der Waals surface area contributed by atoms with Gasteiger partial charge in [0.15, 0.2) is 0 Å². The summed E-state index contributed by atoms with van der Waals surface area (Å²) in [5, 5.41) is 19.0. The Kier molecular flexibility index (Phi) is 8.57. The maximum absolute atomic E-state index is 10.2. The Balaban J connectivity index is 2.44. The van der Waals surface area contributed by atoms with Crippen LogP contribution < -0.4 is 4.74 Å². The van der Waals surface area contributed by atoms with E-state index in [1.165, 1.54) is 0 Å². The van der Waals surface area contributed by atoms with Gasteiger partial charge in [-0.1, -0.05) is 20.3 Å². The van der Waals surface area contributed by atoms with Crippen LogP contribution in [0.5, 0.6) is 5.75 Å². The standard InChI is InChI=1S/C18H28N2O2/c1-4-6-11-20(15(3)5-2)13-17(21)14-22-18-9-7-16(12-19)8-10-18/h7-10,15,17,21H,4-6,11,13-14H2,1-3H3/t15-,17+/m0/s1. The van der Waals surface area contributed by atoms with Gasteiger partial charge in [-0.2, -0.15) is 5.26 Å². The molecule has 0 aromatic heterocycles. The van der Waals surface area contributed by atoms with Gasteiger partial charge in [0.25, 0.3) is 0 Å². The fourth-order valence-electron chi connectivity index (χ4n) is 2.25. The third-order valence-electron chi connectivity index (χ3n) is 3.88. The van der Waals surface area contributed by atoms with Crippen LogP contribution in [0.25, 0.3) is 0 Å². The van der Waals surface area contributed by atoms with Crippen LogP contribution in [-0.2, 0) is 0 Å². The van der Waals surface area contributed by atoms with Crippen LogP contribution in [0.1, 0.15) is 45.6 Å². The lowest BCUT2D eigenvalue weighted by molar-refractivity contribution is 0.0534. The molecule has 0 unspecified atom stereocenters. The number of ether oxygens (including phenoxy) is 1. The zero-order valence-electron chi connectivity index (χ0n) is 14.0. The summed E-state index contributed by atoms with van der Waals surface area (Å²) in [5.74, 6) is 0.682. The highest BCUT2D eigenvalue weighted by Crippen LogP contribution is 2.13. The second-order valence-electron chi connectivity index (χ2n) is 5.71. The van der Waals surface area contributed by atoms with Crippen molar-refractivity contribution in [3.8, 4) is 11.8 Å². The van der Waals surface area contributed by atoms with E-state index in [1.54, 1.807) is 24.3 Å². The monoisotopic (exact) mass is 304 g/mol. The van der Waals surface area contributed by atoms with Crippen LogP contribution in [0.2, 0.25) is 0 Å². The molecule has 0 aliphatic carbocycles. The van der Waals surface area contributed by atoms with Gasteiger partial charge in [-0.05, 0) is 50.6 Å². The Hall–Kier alpha value is -1.57. The molecule has 1 rings (SSSR count). The number of hydrogen-bond acceptors (Lipinski definition) is 4. The fraction of sp³-hybridized carbons (Fsp3) is 0.611. The maximum atomic E-state index is 10.2. The molecular formula is C18H28N2O2. The van der Waals surface area contributed by atoms with Gasteiger partial charge in [0.05, 0.1) is 11.6 Å². The molecule has 0 heterocycles. The average Bonchev–Trinajstić information content (AvgIpc) is 2.56. The maximum Gasteiger partial charge on any atom is 0.119 e. The molecule has 1 aromatic carbocycles. The third kappa shape index (κ3) is 6.46. The van der Waals surface area contributed by atoms with Crippen molar-refractivity contribution in [2.45, 2.75) is 52.2 Å². The van der Waals surface area contributed by atoms with E-state index in [0.717, 1.165) is 25.8 Å². The molecule has 4 heteroatoms. The first-order chi connectivity index (χ1) is 10.6. The molecule has 0 radical (unpaired) electrons. The predicted octanol–water partition coefficient (Wildman–Crippen LogP) is 3.20. The number of hydrogen-bond donors (Lipinski definition) is 1. The molecule has 22 heavy (non-hydrogen) atoms. The van der Waals surface area contributed by atoms with E-state index in [4.69, 9.17) is 10.00 Å². The van der Waals surface area contributed by atoms with Crippen LogP contribution in [0.15, 0.2) is 24.3 Å². The zero-order chi connectivity index (χ0) is 16.4. The van der Waals surface area contributed by atoms with Crippen molar-refractivity contribution in [2.75, 3.05) is 19.7 Å².